The minimum Gasteiger partial charge on any atom is -0.234 e. The van der Waals surface area contributed by atoms with Gasteiger partial charge in [0.1, 0.15) is 0 Å². The summed E-state index contributed by atoms with van der Waals surface area (Å²) in [6.07, 6.45) is 0. The first-order chi connectivity index (χ1) is 7.01. The molecule has 1 heterocycles. The van der Waals surface area contributed by atoms with Crippen LogP contribution in [0.1, 0.15) is 6.92 Å². The molecule has 0 bridgehead atoms. The molecular weight excluding hydrogens is 256 g/mol. The van der Waals surface area contributed by atoms with Crippen molar-refractivity contribution in [3.63, 3.8) is 0 Å². The summed E-state index contributed by atoms with van der Waals surface area (Å²) in [6.45, 7) is 2.00. The molecule has 0 spiro atoms. The summed E-state index contributed by atoms with van der Waals surface area (Å²) in [7, 11) is -0.678. The van der Waals surface area contributed by atoms with Gasteiger partial charge >= 0.3 is 10.2 Å². The lowest BCUT2D eigenvalue weighted by Crippen LogP contribution is -2.35. The van der Waals surface area contributed by atoms with Crippen molar-refractivity contribution in [3.8, 4) is 0 Å². The number of aromatic nitrogens is 2. The van der Waals surface area contributed by atoms with Crippen LogP contribution in [0.3, 0.4) is 0 Å². The second kappa shape index (κ2) is 5.10. The Morgan fingerprint density at radius 3 is 2.73 bits per heavy atom. The van der Waals surface area contributed by atoms with E-state index >= 15 is 0 Å². The Balaban J connectivity index is 2.87. The number of hydrogen-bond acceptors (Lipinski definition) is 6. The van der Waals surface area contributed by atoms with E-state index in [0.29, 0.717) is 5.13 Å². The molecule has 0 fully saturated rings. The number of thioether (sulfide) groups is 1. The number of rotatable bonds is 5. The fourth-order valence-corrected chi connectivity index (χ4v) is 3.28. The Morgan fingerprint density at radius 2 is 2.20 bits per heavy atom. The molecule has 0 atom stereocenters. The van der Waals surface area contributed by atoms with Crippen LogP contribution < -0.4 is 9.03 Å². The summed E-state index contributed by atoms with van der Waals surface area (Å²) in [5.41, 5.74) is 0. The van der Waals surface area contributed by atoms with Crippen molar-refractivity contribution in [2.75, 3.05) is 24.2 Å². The molecule has 0 radical (unpaired) electrons. The molecule has 6 nitrogen and oxygen atoms in total. The van der Waals surface area contributed by atoms with E-state index in [4.69, 9.17) is 0 Å². The average Bonchev–Trinajstić information content (AvgIpc) is 2.66. The molecule has 1 N–H and O–H groups in total. The van der Waals surface area contributed by atoms with Crippen LogP contribution in [0.25, 0.3) is 0 Å². The Bertz CT molecular complexity index is 416. The first-order valence-electron chi connectivity index (χ1n) is 4.15. The fraction of sp³-hybridized carbons (Fsp3) is 0.667. The normalized spacial score (nSPS) is 11.7. The minimum atomic E-state index is -3.47. The van der Waals surface area contributed by atoms with Crippen molar-refractivity contribution in [1.82, 2.24) is 14.9 Å². The molecule has 0 aromatic carbocycles. The summed E-state index contributed by atoms with van der Waals surface area (Å²) in [6, 6.07) is 0. The lowest BCUT2D eigenvalue weighted by Gasteiger charge is -2.13. The maximum absolute atomic E-state index is 11.4. The van der Waals surface area contributed by atoms with Crippen LogP contribution in [-0.4, -0.2) is 38.5 Å². The van der Waals surface area contributed by atoms with Crippen LogP contribution in [0, 0.1) is 0 Å². The first-order valence-corrected chi connectivity index (χ1v) is 7.39. The number of nitrogens with zero attached hydrogens (tertiary/aromatic N) is 3. The highest BCUT2D eigenvalue weighted by atomic mass is 32.2. The maximum Gasteiger partial charge on any atom is 0.302 e. The van der Waals surface area contributed by atoms with Gasteiger partial charge in [-0.25, -0.2) is 9.03 Å². The first kappa shape index (κ1) is 12.7. The molecule has 0 aliphatic rings. The molecule has 0 saturated carbocycles. The molecule has 0 unspecified atom stereocenters. The molecule has 86 valence electrons. The van der Waals surface area contributed by atoms with Crippen molar-refractivity contribution in [1.29, 1.82) is 0 Å². The van der Waals surface area contributed by atoms with E-state index in [-0.39, 0.29) is 0 Å². The Morgan fingerprint density at radius 1 is 1.53 bits per heavy atom. The quantitative estimate of drug-likeness (QED) is 0.789. The zero-order chi connectivity index (χ0) is 11.5. The van der Waals surface area contributed by atoms with Gasteiger partial charge in [-0.1, -0.05) is 30.0 Å². The monoisotopic (exact) mass is 268 g/mol. The molecule has 1 rings (SSSR count). The molecule has 0 saturated heterocycles. The van der Waals surface area contributed by atoms with Crippen molar-refractivity contribution >= 4 is 38.4 Å². The van der Waals surface area contributed by atoms with E-state index in [1.807, 2.05) is 6.92 Å². The summed E-state index contributed by atoms with van der Waals surface area (Å²) in [5, 5.41) is 8.04. The van der Waals surface area contributed by atoms with Crippen LogP contribution >= 0.6 is 23.1 Å². The molecule has 1 aromatic rings. The molecule has 15 heavy (non-hydrogen) atoms. The van der Waals surface area contributed by atoms with Gasteiger partial charge in [0.05, 0.1) is 0 Å². The minimum absolute atomic E-state index is 0.361. The number of anilines is 1. The smallest absolute Gasteiger partial charge is 0.234 e. The van der Waals surface area contributed by atoms with Gasteiger partial charge < -0.3 is 0 Å². The highest BCUT2D eigenvalue weighted by Gasteiger charge is 2.19. The van der Waals surface area contributed by atoms with E-state index in [1.54, 1.807) is 0 Å². The number of hydrogen-bond donors (Lipinski definition) is 1. The molecule has 0 aliphatic heterocycles. The van der Waals surface area contributed by atoms with Gasteiger partial charge in [-0.2, -0.15) is 8.42 Å². The highest BCUT2D eigenvalue weighted by Crippen LogP contribution is 2.27. The maximum atomic E-state index is 11.4. The van der Waals surface area contributed by atoms with Gasteiger partial charge in [0.2, 0.25) is 5.13 Å². The van der Waals surface area contributed by atoms with Crippen LogP contribution in [-0.2, 0) is 10.2 Å². The van der Waals surface area contributed by atoms with Gasteiger partial charge in [-0.3, -0.25) is 0 Å². The summed E-state index contributed by atoms with van der Waals surface area (Å²) < 4.78 is 26.9. The van der Waals surface area contributed by atoms with Crippen LogP contribution in [0.5, 0.6) is 0 Å². The second-order valence-electron chi connectivity index (χ2n) is 2.46. The standard InChI is InChI=1S/C6H12N4O2S3/c1-4-13-6-9-8-5(14-6)10(3)15(11,12)7-2/h7H,4H2,1-3H3. The van der Waals surface area contributed by atoms with Crippen molar-refractivity contribution in [3.05, 3.63) is 0 Å². The Kier molecular flexibility index (Phi) is 4.32. The van der Waals surface area contributed by atoms with Gasteiger partial charge in [-0.05, 0) is 5.75 Å². The lowest BCUT2D eigenvalue weighted by molar-refractivity contribution is 0.586. The Hall–Kier alpha value is -0.380. The van der Waals surface area contributed by atoms with Crippen molar-refractivity contribution in [2.45, 2.75) is 11.3 Å². The fourth-order valence-electron chi connectivity index (χ4n) is 0.751. The van der Waals surface area contributed by atoms with E-state index in [0.717, 1.165) is 14.4 Å². The molecule has 0 aliphatic carbocycles. The number of nitrogens with one attached hydrogen (secondary N) is 1. The van der Waals surface area contributed by atoms with Gasteiger partial charge in [0, 0.05) is 14.1 Å². The Labute approximate surface area is 97.3 Å². The molecule has 9 heteroatoms. The topological polar surface area (TPSA) is 75.2 Å². The SMILES string of the molecule is CCSc1nnc(N(C)S(=O)(=O)NC)s1. The van der Waals surface area contributed by atoms with E-state index in [2.05, 4.69) is 14.9 Å². The molecule has 1 aromatic heterocycles. The predicted octanol–water partition coefficient (Wildman–Crippen LogP) is 0.550. The van der Waals surface area contributed by atoms with Crippen LogP contribution in [0.4, 0.5) is 5.13 Å². The summed E-state index contributed by atoms with van der Waals surface area (Å²) in [4.78, 5) is 0. The summed E-state index contributed by atoms with van der Waals surface area (Å²) >= 11 is 2.79. The van der Waals surface area contributed by atoms with Gasteiger partial charge in [0.15, 0.2) is 4.34 Å². The third-order valence-corrected chi connectivity index (χ3v) is 5.09. The zero-order valence-corrected chi connectivity index (χ0v) is 11.0. The highest BCUT2D eigenvalue weighted by molar-refractivity contribution is 8.01. The average molecular weight is 268 g/mol. The predicted molar refractivity (Wildman–Crippen MR) is 62.7 cm³/mol. The van der Waals surface area contributed by atoms with E-state index < -0.39 is 10.2 Å². The van der Waals surface area contributed by atoms with E-state index in [1.165, 1.54) is 37.2 Å². The molecule has 0 amide bonds. The third-order valence-electron chi connectivity index (χ3n) is 1.55. The second-order valence-corrected chi connectivity index (χ2v) is 6.83. The third kappa shape index (κ3) is 3.03. The van der Waals surface area contributed by atoms with Gasteiger partial charge in [0.25, 0.3) is 0 Å². The lowest BCUT2D eigenvalue weighted by atomic mass is 11.0. The van der Waals surface area contributed by atoms with E-state index in [9.17, 15) is 8.42 Å². The van der Waals surface area contributed by atoms with Crippen LogP contribution in [0.15, 0.2) is 4.34 Å². The van der Waals surface area contributed by atoms with Crippen LogP contribution in [0.2, 0.25) is 0 Å². The molecular formula is C6H12N4O2S3. The summed E-state index contributed by atoms with van der Waals surface area (Å²) in [5.74, 6) is 0.886. The zero-order valence-electron chi connectivity index (χ0n) is 8.59. The largest absolute Gasteiger partial charge is 0.302 e. The van der Waals surface area contributed by atoms with Crippen molar-refractivity contribution in [2.24, 2.45) is 0 Å². The van der Waals surface area contributed by atoms with Gasteiger partial charge in [-0.15, -0.1) is 10.2 Å². The van der Waals surface area contributed by atoms with Crippen molar-refractivity contribution < 1.29 is 8.42 Å².